The molecule has 1 aliphatic rings. The summed E-state index contributed by atoms with van der Waals surface area (Å²) >= 11 is 0. The molecule has 0 spiro atoms. The largest absolute Gasteiger partial charge is 0.471 e. The van der Waals surface area contributed by atoms with E-state index in [0.717, 1.165) is 17.3 Å². The Balaban J connectivity index is 1.55. The number of fused-ring (bicyclic) bond motifs is 1. The number of carbonyl (C=O) groups excluding carboxylic acids is 1. The minimum absolute atomic E-state index is 0.0619. The third-order valence-corrected chi connectivity index (χ3v) is 4.04. The summed E-state index contributed by atoms with van der Waals surface area (Å²) in [7, 11) is 0. The molecule has 1 amide bonds. The van der Waals surface area contributed by atoms with Gasteiger partial charge in [-0.25, -0.2) is 4.98 Å². The zero-order chi connectivity index (χ0) is 17.1. The lowest BCUT2D eigenvalue weighted by molar-refractivity contribution is 0.101. The summed E-state index contributed by atoms with van der Waals surface area (Å²) in [6.45, 7) is 1.19. The average molecular weight is 335 g/mol. The summed E-state index contributed by atoms with van der Waals surface area (Å²) in [6.07, 6.45) is 4.10. The van der Waals surface area contributed by atoms with Crippen LogP contribution in [0.5, 0.6) is 5.88 Å². The van der Waals surface area contributed by atoms with Crippen molar-refractivity contribution < 1.29 is 14.3 Å². The van der Waals surface area contributed by atoms with E-state index in [1.54, 1.807) is 24.5 Å². The number of hydrogen-bond acceptors (Lipinski definition) is 5. The number of anilines is 1. The normalized spacial score (nSPS) is 16.7. The zero-order valence-corrected chi connectivity index (χ0v) is 13.5. The van der Waals surface area contributed by atoms with Crippen LogP contribution in [0, 0.1) is 0 Å². The lowest BCUT2D eigenvalue weighted by Gasteiger charge is -2.14. The second kappa shape index (κ2) is 6.86. The first-order valence-corrected chi connectivity index (χ1v) is 8.15. The van der Waals surface area contributed by atoms with E-state index in [-0.39, 0.29) is 12.0 Å². The topological polar surface area (TPSA) is 73.3 Å². The summed E-state index contributed by atoms with van der Waals surface area (Å²) in [6, 6.07) is 12.8. The van der Waals surface area contributed by atoms with E-state index in [1.165, 1.54) is 0 Å². The molecule has 25 heavy (non-hydrogen) atoms. The number of amides is 1. The second-order valence-electron chi connectivity index (χ2n) is 5.82. The Morgan fingerprint density at radius 1 is 1.16 bits per heavy atom. The van der Waals surface area contributed by atoms with Gasteiger partial charge in [0.2, 0.25) is 5.88 Å². The van der Waals surface area contributed by atoms with Crippen molar-refractivity contribution >= 4 is 22.5 Å². The first-order valence-electron chi connectivity index (χ1n) is 8.15. The third kappa shape index (κ3) is 3.44. The monoisotopic (exact) mass is 335 g/mol. The minimum Gasteiger partial charge on any atom is -0.471 e. The molecular weight excluding hydrogens is 318 g/mol. The van der Waals surface area contributed by atoms with Gasteiger partial charge in [-0.2, -0.15) is 0 Å². The first-order chi connectivity index (χ1) is 12.3. The Hall–Kier alpha value is -2.99. The summed E-state index contributed by atoms with van der Waals surface area (Å²) < 4.78 is 11.1. The predicted molar refractivity (Wildman–Crippen MR) is 93.8 cm³/mol. The number of pyridine rings is 2. The predicted octanol–water partition coefficient (Wildman–Crippen LogP) is 3.05. The van der Waals surface area contributed by atoms with Gasteiger partial charge < -0.3 is 14.8 Å². The lowest BCUT2D eigenvalue weighted by Crippen LogP contribution is -2.20. The Morgan fingerprint density at radius 3 is 2.92 bits per heavy atom. The van der Waals surface area contributed by atoms with Crippen LogP contribution in [0.1, 0.15) is 16.8 Å². The number of nitrogens with one attached hydrogen (secondary N) is 1. The lowest BCUT2D eigenvalue weighted by atomic mass is 10.2. The number of aromatic nitrogens is 2. The maximum absolute atomic E-state index is 12.7. The highest BCUT2D eigenvalue weighted by Gasteiger charge is 2.21. The van der Waals surface area contributed by atoms with E-state index in [1.807, 2.05) is 30.3 Å². The fraction of sp³-hybridized carbons (Fsp3) is 0.211. The smallest absolute Gasteiger partial charge is 0.261 e. The van der Waals surface area contributed by atoms with Crippen molar-refractivity contribution in [2.24, 2.45) is 0 Å². The molecule has 126 valence electrons. The quantitative estimate of drug-likeness (QED) is 0.793. The van der Waals surface area contributed by atoms with E-state index in [9.17, 15) is 4.79 Å². The molecule has 3 aromatic rings. The summed E-state index contributed by atoms with van der Waals surface area (Å²) in [5, 5.41) is 3.86. The van der Waals surface area contributed by atoms with Gasteiger partial charge in [-0.3, -0.25) is 9.78 Å². The number of benzene rings is 1. The Bertz CT molecular complexity index is 907. The van der Waals surface area contributed by atoms with E-state index < -0.39 is 0 Å². The van der Waals surface area contributed by atoms with Gasteiger partial charge in [-0.05, 0) is 36.4 Å². The molecule has 1 aliphatic heterocycles. The van der Waals surface area contributed by atoms with Gasteiger partial charge in [-0.15, -0.1) is 0 Å². The number of carbonyl (C=O) groups is 1. The standard InChI is InChI=1S/C19H17N3O3/c23-18(22-14-5-6-17-13(11-14)3-1-8-20-17)16-4-2-9-21-19(16)25-15-7-10-24-12-15/h1-6,8-9,11,15H,7,10,12H2,(H,22,23)/t15-/m0/s1. The molecule has 2 aromatic heterocycles. The van der Waals surface area contributed by atoms with E-state index in [0.29, 0.717) is 30.3 Å². The number of hydrogen-bond donors (Lipinski definition) is 1. The SMILES string of the molecule is O=C(Nc1ccc2ncccc2c1)c1cccnc1O[C@H]1CCOC1. The Morgan fingerprint density at radius 2 is 2.04 bits per heavy atom. The maximum Gasteiger partial charge on any atom is 0.261 e. The molecule has 6 heteroatoms. The van der Waals surface area contributed by atoms with Crippen LogP contribution in [0.3, 0.4) is 0 Å². The van der Waals surface area contributed by atoms with Crippen LogP contribution >= 0.6 is 0 Å². The molecule has 3 heterocycles. The van der Waals surface area contributed by atoms with Gasteiger partial charge in [0.05, 0.1) is 18.7 Å². The molecule has 1 saturated heterocycles. The van der Waals surface area contributed by atoms with Crippen LogP contribution in [0.4, 0.5) is 5.69 Å². The second-order valence-corrected chi connectivity index (χ2v) is 5.82. The molecule has 0 bridgehead atoms. The van der Waals surface area contributed by atoms with Gasteiger partial charge in [-0.1, -0.05) is 6.07 Å². The molecule has 1 atom stereocenters. The van der Waals surface area contributed by atoms with Crippen molar-refractivity contribution in [3.63, 3.8) is 0 Å². The molecule has 1 fully saturated rings. The van der Waals surface area contributed by atoms with Gasteiger partial charge in [0.25, 0.3) is 5.91 Å². The molecular formula is C19H17N3O3. The molecule has 0 saturated carbocycles. The highest BCUT2D eigenvalue weighted by atomic mass is 16.5. The molecule has 1 N–H and O–H groups in total. The van der Waals surface area contributed by atoms with Crippen molar-refractivity contribution in [3.8, 4) is 5.88 Å². The molecule has 6 nitrogen and oxygen atoms in total. The summed E-state index contributed by atoms with van der Waals surface area (Å²) in [4.78, 5) is 21.1. The fourth-order valence-electron chi connectivity index (χ4n) is 2.77. The van der Waals surface area contributed by atoms with Crippen molar-refractivity contribution in [2.45, 2.75) is 12.5 Å². The average Bonchev–Trinajstić information content (AvgIpc) is 3.15. The molecule has 0 radical (unpaired) electrons. The van der Waals surface area contributed by atoms with Gasteiger partial charge in [0.15, 0.2) is 0 Å². The van der Waals surface area contributed by atoms with E-state index in [4.69, 9.17) is 9.47 Å². The van der Waals surface area contributed by atoms with Crippen molar-refractivity contribution in [3.05, 3.63) is 60.4 Å². The highest BCUT2D eigenvalue weighted by Crippen LogP contribution is 2.22. The molecule has 0 aliphatic carbocycles. The van der Waals surface area contributed by atoms with Crippen molar-refractivity contribution in [1.82, 2.24) is 9.97 Å². The van der Waals surface area contributed by atoms with Crippen LogP contribution < -0.4 is 10.1 Å². The molecule has 4 rings (SSSR count). The zero-order valence-electron chi connectivity index (χ0n) is 13.5. The van der Waals surface area contributed by atoms with Crippen molar-refractivity contribution in [2.75, 3.05) is 18.5 Å². The van der Waals surface area contributed by atoms with Crippen LogP contribution in [0.15, 0.2) is 54.9 Å². The van der Waals surface area contributed by atoms with Crippen LogP contribution in [0.2, 0.25) is 0 Å². The van der Waals surface area contributed by atoms with Crippen LogP contribution in [0.25, 0.3) is 10.9 Å². The fourth-order valence-corrected chi connectivity index (χ4v) is 2.77. The van der Waals surface area contributed by atoms with E-state index in [2.05, 4.69) is 15.3 Å². The van der Waals surface area contributed by atoms with Gasteiger partial charge in [0.1, 0.15) is 11.7 Å². The minimum atomic E-state index is -0.259. The molecule has 1 aromatic carbocycles. The van der Waals surface area contributed by atoms with Gasteiger partial charge in [0, 0.05) is 29.9 Å². The third-order valence-electron chi connectivity index (χ3n) is 4.04. The van der Waals surface area contributed by atoms with Crippen LogP contribution in [-0.4, -0.2) is 35.2 Å². The molecule has 0 unspecified atom stereocenters. The Labute approximate surface area is 144 Å². The summed E-state index contributed by atoms with van der Waals surface area (Å²) in [5.74, 6) is 0.0724. The van der Waals surface area contributed by atoms with Gasteiger partial charge >= 0.3 is 0 Å². The summed E-state index contributed by atoms with van der Waals surface area (Å²) in [5.41, 5.74) is 1.98. The Kier molecular flexibility index (Phi) is 4.26. The van der Waals surface area contributed by atoms with Crippen molar-refractivity contribution in [1.29, 1.82) is 0 Å². The highest BCUT2D eigenvalue weighted by molar-refractivity contribution is 6.06. The van der Waals surface area contributed by atoms with Crippen LogP contribution in [-0.2, 0) is 4.74 Å². The van der Waals surface area contributed by atoms with E-state index >= 15 is 0 Å². The first kappa shape index (κ1) is 15.5. The number of ether oxygens (including phenoxy) is 2. The number of rotatable bonds is 4. The number of nitrogens with zero attached hydrogens (tertiary/aromatic N) is 2. The maximum atomic E-state index is 12.7.